The van der Waals surface area contributed by atoms with E-state index in [2.05, 4.69) is 4.98 Å². The van der Waals surface area contributed by atoms with E-state index in [-0.39, 0.29) is 5.75 Å². The van der Waals surface area contributed by atoms with E-state index in [0.29, 0.717) is 11.6 Å². The molecule has 2 aromatic rings. The van der Waals surface area contributed by atoms with E-state index in [1.54, 1.807) is 30.3 Å². The minimum absolute atomic E-state index is 0.228. The Kier molecular flexibility index (Phi) is 2.64. The highest BCUT2D eigenvalue weighted by molar-refractivity contribution is 5.64. The van der Waals surface area contributed by atoms with Crippen molar-refractivity contribution in [2.24, 2.45) is 0 Å². The van der Waals surface area contributed by atoms with Crippen LogP contribution in [0.3, 0.4) is 0 Å². The molecule has 0 aliphatic rings. The van der Waals surface area contributed by atoms with Gasteiger partial charge in [-0.25, -0.2) is 4.98 Å². The predicted molar refractivity (Wildman–Crippen MR) is 62.3 cm³/mol. The van der Waals surface area contributed by atoms with Crippen molar-refractivity contribution < 1.29 is 9.84 Å². The fourth-order valence-corrected chi connectivity index (χ4v) is 1.41. The van der Waals surface area contributed by atoms with Crippen molar-refractivity contribution in [1.29, 1.82) is 0 Å². The number of nitrogens with zero attached hydrogens (tertiary/aromatic N) is 1. The average molecular weight is 216 g/mol. The lowest BCUT2D eigenvalue weighted by atomic mass is 10.1. The van der Waals surface area contributed by atoms with E-state index < -0.39 is 0 Å². The number of aromatic nitrogens is 1. The number of benzene rings is 1. The van der Waals surface area contributed by atoms with Gasteiger partial charge in [0.2, 0.25) is 5.88 Å². The third-order valence-corrected chi connectivity index (χ3v) is 2.25. The highest BCUT2D eigenvalue weighted by atomic mass is 16.5. The highest BCUT2D eigenvalue weighted by Gasteiger charge is 2.04. The third kappa shape index (κ3) is 1.91. The Bertz CT molecular complexity index is 495. The second-order valence-corrected chi connectivity index (χ2v) is 3.34. The molecule has 0 unspecified atom stereocenters. The maximum atomic E-state index is 9.18. The van der Waals surface area contributed by atoms with Crippen molar-refractivity contribution in [1.82, 2.24) is 4.98 Å². The number of ether oxygens (including phenoxy) is 1. The summed E-state index contributed by atoms with van der Waals surface area (Å²) >= 11 is 0. The molecule has 0 radical (unpaired) electrons. The maximum Gasteiger partial charge on any atom is 0.237 e. The van der Waals surface area contributed by atoms with Gasteiger partial charge in [-0.2, -0.15) is 0 Å². The smallest absolute Gasteiger partial charge is 0.237 e. The number of pyridine rings is 1. The van der Waals surface area contributed by atoms with E-state index in [1.165, 1.54) is 7.11 Å². The van der Waals surface area contributed by atoms with Crippen molar-refractivity contribution in [2.75, 3.05) is 12.8 Å². The molecule has 82 valence electrons. The van der Waals surface area contributed by atoms with E-state index in [4.69, 9.17) is 10.5 Å². The zero-order chi connectivity index (χ0) is 11.5. The van der Waals surface area contributed by atoms with Gasteiger partial charge in [-0.15, -0.1) is 0 Å². The van der Waals surface area contributed by atoms with Crippen molar-refractivity contribution in [3.8, 4) is 22.9 Å². The summed E-state index contributed by atoms with van der Waals surface area (Å²) in [6, 6.07) is 10.3. The molecule has 0 saturated heterocycles. The first-order valence-corrected chi connectivity index (χ1v) is 4.80. The SMILES string of the molecule is COc1nc(-c2ccc(O)cc2)ccc1N. The van der Waals surface area contributed by atoms with E-state index in [9.17, 15) is 5.11 Å². The third-order valence-electron chi connectivity index (χ3n) is 2.25. The number of nitrogens with two attached hydrogens (primary N) is 1. The van der Waals surface area contributed by atoms with Crippen molar-refractivity contribution in [3.63, 3.8) is 0 Å². The van der Waals surface area contributed by atoms with Gasteiger partial charge in [0, 0.05) is 5.56 Å². The van der Waals surface area contributed by atoms with E-state index in [1.807, 2.05) is 6.07 Å². The number of phenolic OH excluding ortho intramolecular Hbond substituents is 1. The van der Waals surface area contributed by atoms with Gasteiger partial charge in [0.25, 0.3) is 0 Å². The number of phenols is 1. The Balaban J connectivity index is 2.44. The van der Waals surface area contributed by atoms with Gasteiger partial charge in [-0.3, -0.25) is 0 Å². The Morgan fingerprint density at radius 1 is 1.12 bits per heavy atom. The van der Waals surface area contributed by atoms with Crippen LogP contribution < -0.4 is 10.5 Å². The normalized spacial score (nSPS) is 10.1. The minimum Gasteiger partial charge on any atom is -0.508 e. The summed E-state index contributed by atoms with van der Waals surface area (Å²) < 4.78 is 5.05. The number of rotatable bonds is 2. The number of hydrogen-bond donors (Lipinski definition) is 2. The Hall–Kier alpha value is -2.23. The first-order valence-electron chi connectivity index (χ1n) is 4.80. The molecule has 0 spiro atoms. The Morgan fingerprint density at radius 2 is 1.81 bits per heavy atom. The average Bonchev–Trinajstić information content (AvgIpc) is 2.31. The van der Waals surface area contributed by atoms with Gasteiger partial charge < -0.3 is 15.6 Å². The number of nitrogen functional groups attached to an aromatic ring is 1. The summed E-state index contributed by atoms with van der Waals surface area (Å²) in [5, 5.41) is 9.18. The summed E-state index contributed by atoms with van der Waals surface area (Å²) in [4.78, 5) is 4.26. The molecule has 3 N–H and O–H groups in total. The molecule has 4 heteroatoms. The van der Waals surface area contributed by atoms with Crippen molar-refractivity contribution in [2.45, 2.75) is 0 Å². The van der Waals surface area contributed by atoms with Crippen LogP contribution >= 0.6 is 0 Å². The molecule has 0 fully saturated rings. The summed E-state index contributed by atoms with van der Waals surface area (Å²) in [6.07, 6.45) is 0. The van der Waals surface area contributed by atoms with Gasteiger partial charge in [-0.1, -0.05) is 0 Å². The lowest BCUT2D eigenvalue weighted by Crippen LogP contribution is -1.96. The molecular weight excluding hydrogens is 204 g/mol. The van der Waals surface area contributed by atoms with E-state index in [0.717, 1.165) is 11.3 Å². The fraction of sp³-hybridized carbons (Fsp3) is 0.0833. The zero-order valence-corrected chi connectivity index (χ0v) is 8.84. The van der Waals surface area contributed by atoms with Crippen LogP contribution in [0.2, 0.25) is 0 Å². The predicted octanol–water partition coefficient (Wildman–Crippen LogP) is 2.04. The number of anilines is 1. The lowest BCUT2D eigenvalue weighted by Gasteiger charge is -2.06. The van der Waals surface area contributed by atoms with Crippen LogP contribution in [0, 0.1) is 0 Å². The van der Waals surface area contributed by atoms with Gasteiger partial charge >= 0.3 is 0 Å². The molecule has 1 aromatic heterocycles. The van der Waals surface area contributed by atoms with Crippen molar-refractivity contribution >= 4 is 5.69 Å². The second kappa shape index (κ2) is 4.10. The molecule has 0 bridgehead atoms. The molecule has 16 heavy (non-hydrogen) atoms. The molecule has 1 aromatic carbocycles. The fourth-order valence-electron chi connectivity index (χ4n) is 1.41. The Morgan fingerprint density at radius 3 is 2.44 bits per heavy atom. The van der Waals surface area contributed by atoms with Crippen molar-refractivity contribution in [3.05, 3.63) is 36.4 Å². The Labute approximate surface area is 93.3 Å². The molecule has 0 aliphatic carbocycles. The van der Waals surface area contributed by atoms with Gasteiger partial charge in [0.1, 0.15) is 5.75 Å². The molecule has 0 saturated carbocycles. The molecule has 1 heterocycles. The molecule has 0 aliphatic heterocycles. The summed E-state index contributed by atoms with van der Waals surface area (Å²) in [6.45, 7) is 0. The topological polar surface area (TPSA) is 68.4 Å². The summed E-state index contributed by atoms with van der Waals surface area (Å²) in [5.74, 6) is 0.636. The first kappa shape index (κ1) is 10.3. The number of aromatic hydroxyl groups is 1. The maximum absolute atomic E-state index is 9.18. The van der Waals surface area contributed by atoms with Gasteiger partial charge in [0.05, 0.1) is 18.5 Å². The lowest BCUT2D eigenvalue weighted by molar-refractivity contribution is 0.401. The number of methoxy groups -OCH3 is 1. The summed E-state index contributed by atoms with van der Waals surface area (Å²) in [7, 11) is 1.53. The second-order valence-electron chi connectivity index (χ2n) is 3.34. The quantitative estimate of drug-likeness (QED) is 0.806. The number of hydrogen-bond acceptors (Lipinski definition) is 4. The van der Waals surface area contributed by atoms with Crippen LogP contribution in [0.15, 0.2) is 36.4 Å². The van der Waals surface area contributed by atoms with Gasteiger partial charge in [0.15, 0.2) is 0 Å². The largest absolute Gasteiger partial charge is 0.508 e. The zero-order valence-electron chi connectivity index (χ0n) is 8.84. The van der Waals surface area contributed by atoms with Crippen LogP contribution in [-0.2, 0) is 0 Å². The first-order chi connectivity index (χ1) is 7.70. The molecular formula is C12H12N2O2. The van der Waals surface area contributed by atoms with Crippen LogP contribution in [0.25, 0.3) is 11.3 Å². The highest BCUT2D eigenvalue weighted by Crippen LogP contribution is 2.25. The van der Waals surface area contributed by atoms with Crippen LogP contribution in [-0.4, -0.2) is 17.2 Å². The summed E-state index contributed by atoms with van der Waals surface area (Å²) in [5.41, 5.74) is 7.83. The van der Waals surface area contributed by atoms with E-state index >= 15 is 0 Å². The van der Waals surface area contributed by atoms with Crippen LogP contribution in [0.5, 0.6) is 11.6 Å². The van der Waals surface area contributed by atoms with Crippen LogP contribution in [0.1, 0.15) is 0 Å². The molecule has 4 nitrogen and oxygen atoms in total. The molecule has 0 amide bonds. The molecule has 2 rings (SSSR count). The monoisotopic (exact) mass is 216 g/mol. The standard InChI is InChI=1S/C12H12N2O2/c1-16-12-10(13)6-7-11(14-12)8-2-4-9(15)5-3-8/h2-7,15H,13H2,1H3. The molecule has 0 atom stereocenters. The van der Waals surface area contributed by atoms with Gasteiger partial charge in [-0.05, 0) is 36.4 Å². The van der Waals surface area contributed by atoms with Crippen LogP contribution in [0.4, 0.5) is 5.69 Å². The minimum atomic E-state index is 0.228.